The summed E-state index contributed by atoms with van der Waals surface area (Å²) in [5.41, 5.74) is 7.65. The van der Waals surface area contributed by atoms with Crippen LogP contribution in [-0.4, -0.2) is 17.1 Å². The van der Waals surface area contributed by atoms with Crippen LogP contribution in [0.15, 0.2) is 36.4 Å². The van der Waals surface area contributed by atoms with Gasteiger partial charge < -0.3 is 15.6 Å². The summed E-state index contributed by atoms with van der Waals surface area (Å²) in [6.07, 6.45) is 0.300. The first kappa shape index (κ1) is 17.5. The van der Waals surface area contributed by atoms with Crippen molar-refractivity contribution in [3.63, 3.8) is 0 Å². The van der Waals surface area contributed by atoms with Gasteiger partial charge in [-0.25, -0.2) is 0 Å². The zero-order valence-electron chi connectivity index (χ0n) is 11.8. The van der Waals surface area contributed by atoms with Crippen molar-refractivity contribution in [1.29, 1.82) is 0 Å². The molecular weight excluding hydrogens is 508 g/mol. The van der Waals surface area contributed by atoms with Gasteiger partial charge in [0, 0.05) is 3.57 Å². The van der Waals surface area contributed by atoms with Crippen molar-refractivity contribution in [3.8, 4) is 11.5 Å². The van der Waals surface area contributed by atoms with Gasteiger partial charge in [0.1, 0.15) is 17.5 Å². The average molecular weight is 523 g/mol. The van der Waals surface area contributed by atoms with Gasteiger partial charge in [-0.2, -0.15) is 0 Å². The van der Waals surface area contributed by atoms with Crippen molar-refractivity contribution in [3.05, 3.63) is 54.7 Å². The third-order valence-corrected chi connectivity index (χ3v) is 5.15. The molecule has 1 atom stereocenters. The largest absolute Gasteiger partial charge is 0.480 e. The van der Waals surface area contributed by atoms with E-state index in [1.54, 1.807) is 0 Å². The maximum Gasteiger partial charge on any atom is 0.320 e. The van der Waals surface area contributed by atoms with Crippen molar-refractivity contribution < 1.29 is 14.6 Å². The number of aryl methyl sites for hydroxylation is 1. The second-order valence-corrected chi connectivity index (χ2v) is 7.25. The van der Waals surface area contributed by atoms with Crippen molar-refractivity contribution in [1.82, 2.24) is 0 Å². The summed E-state index contributed by atoms with van der Waals surface area (Å²) < 4.78 is 7.96. The number of hydrogen-bond donors (Lipinski definition) is 2. The molecule has 22 heavy (non-hydrogen) atoms. The SMILES string of the molecule is Cc1ccc(Oc2ccc(C[C@H](N)C(=O)O)cc2I)cc1I. The smallest absolute Gasteiger partial charge is 0.320 e. The fraction of sp³-hybridized carbons (Fsp3) is 0.188. The number of carboxylic acid groups (broad SMARTS) is 1. The number of halogens is 2. The lowest BCUT2D eigenvalue weighted by molar-refractivity contribution is -0.138. The number of carbonyl (C=O) groups is 1. The summed E-state index contributed by atoms with van der Waals surface area (Å²) in [5, 5.41) is 8.86. The van der Waals surface area contributed by atoms with Crippen LogP contribution in [0.2, 0.25) is 0 Å². The molecule has 0 saturated heterocycles. The minimum absolute atomic E-state index is 0.300. The van der Waals surface area contributed by atoms with Crippen LogP contribution in [0.5, 0.6) is 11.5 Å². The number of rotatable bonds is 5. The zero-order chi connectivity index (χ0) is 16.3. The molecule has 2 rings (SSSR count). The van der Waals surface area contributed by atoms with Crippen LogP contribution in [0.25, 0.3) is 0 Å². The number of aliphatic carboxylic acids is 1. The predicted octanol–water partition coefficient (Wildman–Crippen LogP) is 3.95. The molecule has 0 aromatic heterocycles. The first-order chi connectivity index (χ1) is 10.4. The van der Waals surface area contributed by atoms with Crippen LogP contribution in [0.1, 0.15) is 11.1 Å². The van der Waals surface area contributed by atoms with E-state index in [0.717, 1.165) is 24.2 Å². The highest BCUT2D eigenvalue weighted by atomic mass is 127. The summed E-state index contributed by atoms with van der Waals surface area (Å²) in [7, 11) is 0. The van der Waals surface area contributed by atoms with E-state index in [1.165, 1.54) is 5.56 Å². The Morgan fingerprint density at radius 1 is 1.23 bits per heavy atom. The highest BCUT2D eigenvalue weighted by molar-refractivity contribution is 14.1. The number of ether oxygens (including phenoxy) is 1. The van der Waals surface area contributed by atoms with E-state index in [2.05, 4.69) is 52.1 Å². The van der Waals surface area contributed by atoms with Crippen LogP contribution in [0.3, 0.4) is 0 Å². The minimum Gasteiger partial charge on any atom is -0.480 e. The second-order valence-electron chi connectivity index (χ2n) is 4.93. The molecule has 3 N–H and O–H groups in total. The molecule has 0 spiro atoms. The van der Waals surface area contributed by atoms with Gasteiger partial charge in [-0.05, 0) is 93.9 Å². The van der Waals surface area contributed by atoms with Gasteiger partial charge in [0.15, 0.2) is 0 Å². The monoisotopic (exact) mass is 523 g/mol. The summed E-state index contributed by atoms with van der Waals surface area (Å²) in [4.78, 5) is 10.8. The molecule has 116 valence electrons. The van der Waals surface area contributed by atoms with Crippen LogP contribution in [0, 0.1) is 14.1 Å². The molecule has 0 aliphatic carbocycles. The number of carboxylic acids is 1. The molecule has 0 unspecified atom stereocenters. The van der Waals surface area contributed by atoms with E-state index in [4.69, 9.17) is 15.6 Å². The molecule has 0 saturated carbocycles. The zero-order valence-corrected chi connectivity index (χ0v) is 16.2. The molecule has 6 heteroatoms. The second kappa shape index (κ2) is 7.60. The van der Waals surface area contributed by atoms with Crippen molar-refractivity contribution >= 4 is 51.2 Å². The van der Waals surface area contributed by atoms with Gasteiger partial charge >= 0.3 is 5.97 Å². The fourth-order valence-corrected chi connectivity index (χ4v) is 3.04. The maximum absolute atomic E-state index is 10.8. The van der Waals surface area contributed by atoms with Gasteiger partial charge in [0.25, 0.3) is 0 Å². The van der Waals surface area contributed by atoms with Gasteiger partial charge in [0.2, 0.25) is 0 Å². The Balaban J connectivity index is 2.15. The van der Waals surface area contributed by atoms with Crippen LogP contribution in [-0.2, 0) is 11.2 Å². The molecule has 0 amide bonds. The van der Waals surface area contributed by atoms with E-state index >= 15 is 0 Å². The molecule has 0 aliphatic rings. The fourth-order valence-electron chi connectivity index (χ4n) is 1.86. The molecule has 0 radical (unpaired) electrons. The lowest BCUT2D eigenvalue weighted by Crippen LogP contribution is -2.32. The van der Waals surface area contributed by atoms with Crippen LogP contribution in [0.4, 0.5) is 0 Å². The van der Waals surface area contributed by atoms with Gasteiger partial charge in [-0.3, -0.25) is 4.79 Å². The molecule has 0 fully saturated rings. The van der Waals surface area contributed by atoms with Gasteiger partial charge in [0.05, 0.1) is 3.57 Å². The molecule has 2 aromatic rings. The topological polar surface area (TPSA) is 72.5 Å². The van der Waals surface area contributed by atoms with Crippen molar-refractivity contribution in [2.24, 2.45) is 5.73 Å². The minimum atomic E-state index is -0.996. The van der Waals surface area contributed by atoms with E-state index in [9.17, 15) is 4.79 Å². The Labute approximate surface area is 156 Å². The first-order valence-electron chi connectivity index (χ1n) is 6.57. The Kier molecular flexibility index (Phi) is 6.04. The quantitative estimate of drug-likeness (QED) is 0.583. The van der Waals surface area contributed by atoms with E-state index in [0.29, 0.717) is 6.42 Å². The summed E-state index contributed by atoms with van der Waals surface area (Å²) in [5.74, 6) is 0.528. The summed E-state index contributed by atoms with van der Waals surface area (Å²) in [6, 6.07) is 10.6. The highest BCUT2D eigenvalue weighted by Crippen LogP contribution is 2.29. The third-order valence-electron chi connectivity index (χ3n) is 3.14. The first-order valence-corrected chi connectivity index (χ1v) is 8.73. The Morgan fingerprint density at radius 2 is 1.95 bits per heavy atom. The average Bonchev–Trinajstić information content (AvgIpc) is 2.45. The number of nitrogens with two attached hydrogens (primary N) is 1. The Hall–Kier alpha value is -0.870. The lowest BCUT2D eigenvalue weighted by atomic mass is 10.1. The van der Waals surface area contributed by atoms with Crippen LogP contribution < -0.4 is 10.5 Å². The molecule has 0 bridgehead atoms. The van der Waals surface area contributed by atoms with Crippen molar-refractivity contribution in [2.45, 2.75) is 19.4 Å². The molecule has 4 nitrogen and oxygen atoms in total. The maximum atomic E-state index is 10.8. The third kappa shape index (κ3) is 4.56. The van der Waals surface area contributed by atoms with Crippen molar-refractivity contribution in [2.75, 3.05) is 0 Å². The van der Waals surface area contributed by atoms with E-state index in [-0.39, 0.29) is 0 Å². The number of benzene rings is 2. The summed E-state index contributed by atoms with van der Waals surface area (Å²) in [6.45, 7) is 2.05. The molecule has 2 aromatic carbocycles. The van der Waals surface area contributed by atoms with E-state index < -0.39 is 12.0 Å². The molecule has 0 heterocycles. The lowest BCUT2D eigenvalue weighted by Gasteiger charge is -2.11. The predicted molar refractivity (Wildman–Crippen MR) is 102 cm³/mol. The summed E-state index contributed by atoms with van der Waals surface area (Å²) >= 11 is 4.45. The van der Waals surface area contributed by atoms with Gasteiger partial charge in [-0.1, -0.05) is 12.1 Å². The Bertz CT molecular complexity index is 704. The van der Waals surface area contributed by atoms with Crippen LogP contribution >= 0.6 is 45.2 Å². The highest BCUT2D eigenvalue weighted by Gasteiger charge is 2.13. The van der Waals surface area contributed by atoms with E-state index in [1.807, 2.05) is 36.4 Å². The number of hydrogen-bond acceptors (Lipinski definition) is 3. The standard InChI is InChI=1S/C16H15I2NO3/c1-9-2-4-11(8-12(9)17)22-15-5-3-10(6-13(15)18)7-14(19)16(20)21/h2-6,8,14H,7,19H2,1H3,(H,20,21)/t14-/m0/s1. The normalized spacial score (nSPS) is 12.0. The van der Waals surface area contributed by atoms with Gasteiger partial charge in [-0.15, -0.1) is 0 Å². The Morgan fingerprint density at radius 3 is 2.55 bits per heavy atom. The molecule has 0 aliphatic heterocycles. The molecular formula is C16H15I2NO3.